The number of hydrogen-bond donors (Lipinski definition) is 1. The quantitative estimate of drug-likeness (QED) is 0.372. The Labute approximate surface area is 157 Å². The van der Waals surface area contributed by atoms with E-state index in [1.54, 1.807) is 0 Å². The van der Waals surface area contributed by atoms with Crippen LogP contribution in [0.15, 0.2) is 42.5 Å². The fourth-order valence-electron chi connectivity index (χ4n) is 2.24. The molecule has 1 heterocycles. The van der Waals surface area contributed by atoms with Crippen LogP contribution in [0.1, 0.15) is 16.8 Å². The van der Waals surface area contributed by atoms with Gasteiger partial charge in [0.05, 0.1) is 32.3 Å². The Kier molecular flexibility index (Phi) is 5.65. The number of rotatable bonds is 7. The minimum atomic E-state index is -0.570. The molecule has 1 N–H and O–H groups in total. The van der Waals surface area contributed by atoms with Crippen molar-refractivity contribution in [2.24, 2.45) is 0 Å². The topological polar surface area (TPSA) is 94.4 Å². The number of halogens is 1. The van der Waals surface area contributed by atoms with Crippen LogP contribution in [-0.2, 0) is 0 Å². The van der Waals surface area contributed by atoms with Gasteiger partial charge in [0.15, 0.2) is 0 Å². The Morgan fingerprint density at radius 1 is 1.31 bits per heavy atom. The van der Waals surface area contributed by atoms with Crippen molar-refractivity contribution in [2.75, 3.05) is 13.2 Å². The van der Waals surface area contributed by atoms with Crippen LogP contribution in [0.3, 0.4) is 0 Å². The van der Waals surface area contributed by atoms with E-state index < -0.39 is 10.8 Å². The zero-order valence-electron chi connectivity index (χ0n) is 13.5. The molecule has 134 valence electrons. The lowest BCUT2D eigenvalue weighted by atomic mass is 10.2. The maximum absolute atomic E-state index is 12.1. The van der Waals surface area contributed by atoms with Crippen LogP contribution in [0.2, 0.25) is 5.02 Å². The second-order valence-corrected chi connectivity index (χ2v) is 6.73. The van der Waals surface area contributed by atoms with Crippen molar-refractivity contribution in [3.8, 4) is 5.19 Å². The van der Waals surface area contributed by atoms with E-state index in [1.807, 2.05) is 24.3 Å². The van der Waals surface area contributed by atoms with Crippen molar-refractivity contribution < 1.29 is 14.5 Å². The molecule has 0 fully saturated rings. The summed E-state index contributed by atoms with van der Waals surface area (Å²) in [6, 6.07) is 11.5. The molecule has 7 nitrogen and oxygen atoms in total. The largest absolute Gasteiger partial charge is 0.470 e. The molecule has 0 bridgehead atoms. The monoisotopic (exact) mass is 391 g/mol. The van der Waals surface area contributed by atoms with Crippen LogP contribution < -0.4 is 10.1 Å². The number of carbonyl (C=O) groups excluding carboxylic acids is 1. The van der Waals surface area contributed by atoms with Gasteiger partial charge in [0.2, 0.25) is 0 Å². The van der Waals surface area contributed by atoms with Gasteiger partial charge in [0.1, 0.15) is 0 Å². The molecule has 1 aromatic heterocycles. The molecule has 0 aliphatic rings. The van der Waals surface area contributed by atoms with E-state index in [9.17, 15) is 14.9 Å². The van der Waals surface area contributed by atoms with Gasteiger partial charge >= 0.3 is 0 Å². The number of amides is 1. The molecule has 0 unspecified atom stereocenters. The van der Waals surface area contributed by atoms with Crippen LogP contribution in [0.5, 0.6) is 5.19 Å². The number of thiazole rings is 1. The summed E-state index contributed by atoms with van der Waals surface area (Å²) < 4.78 is 6.65. The molecule has 0 saturated carbocycles. The molecule has 26 heavy (non-hydrogen) atoms. The smallest absolute Gasteiger partial charge is 0.274 e. The lowest BCUT2D eigenvalue weighted by Crippen LogP contribution is -2.26. The van der Waals surface area contributed by atoms with Crippen molar-refractivity contribution in [3.63, 3.8) is 0 Å². The Morgan fingerprint density at radius 3 is 2.88 bits per heavy atom. The van der Waals surface area contributed by atoms with Crippen molar-refractivity contribution in [1.82, 2.24) is 10.3 Å². The van der Waals surface area contributed by atoms with E-state index in [0.29, 0.717) is 24.8 Å². The molecular formula is C17H14ClN3O4S. The summed E-state index contributed by atoms with van der Waals surface area (Å²) in [6.07, 6.45) is 0.564. The van der Waals surface area contributed by atoms with Crippen molar-refractivity contribution >= 4 is 44.7 Å². The molecule has 0 aliphatic carbocycles. The number of benzene rings is 2. The predicted octanol–water partition coefficient (Wildman–Crippen LogP) is 4.06. The summed E-state index contributed by atoms with van der Waals surface area (Å²) in [5.41, 5.74) is 0.785. The predicted molar refractivity (Wildman–Crippen MR) is 100 cm³/mol. The second kappa shape index (κ2) is 8.11. The Morgan fingerprint density at radius 2 is 2.12 bits per heavy atom. The summed E-state index contributed by atoms with van der Waals surface area (Å²) in [4.78, 5) is 26.7. The summed E-state index contributed by atoms with van der Waals surface area (Å²) in [7, 11) is 0. The molecule has 9 heteroatoms. The number of ether oxygens (including phenoxy) is 1. The van der Waals surface area contributed by atoms with E-state index in [2.05, 4.69) is 10.3 Å². The maximum Gasteiger partial charge on any atom is 0.274 e. The Bertz CT molecular complexity index is 927. The van der Waals surface area contributed by atoms with Gasteiger partial charge in [-0.05, 0) is 24.6 Å². The Balaban J connectivity index is 1.48. The van der Waals surface area contributed by atoms with Gasteiger partial charge in [-0.15, -0.1) is 0 Å². The number of nitrogens with zero attached hydrogens (tertiary/aromatic N) is 2. The normalized spacial score (nSPS) is 10.7. The van der Waals surface area contributed by atoms with Gasteiger partial charge in [0.25, 0.3) is 16.8 Å². The van der Waals surface area contributed by atoms with E-state index >= 15 is 0 Å². The average Bonchev–Trinajstić information content (AvgIpc) is 3.04. The maximum atomic E-state index is 12.1. The summed E-state index contributed by atoms with van der Waals surface area (Å²) in [6.45, 7) is 0.742. The molecule has 1 amide bonds. The number of aromatic nitrogens is 1. The molecule has 3 aromatic rings. The third kappa shape index (κ3) is 4.27. The highest BCUT2D eigenvalue weighted by atomic mass is 35.5. The molecule has 0 radical (unpaired) electrons. The van der Waals surface area contributed by atoms with Gasteiger partial charge in [-0.25, -0.2) is 4.98 Å². The van der Waals surface area contributed by atoms with Crippen molar-refractivity contribution in [1.29, 1.82) is 0 Å². The fourth-order valence-corrected chi connectivity index (χ4v) is 3.29. The number of hydrogen-bond acceptors (Lipinski definition) is 6. The third-order valence-corrected chi connectivity index (χ3v) is 4.79. The SMILES string of the molecule is O=C(NCCCOc1nc2ccccc2s1)c1cc([N+](=O)[O-])ccc1Cl. The highest BCUT2D eigenvalue weighted by molar-refractivity contribution is 7.20. The number of nitro groups is 1. The molecular weight excluding hydrogens is 378 g/mol. The third-order valence-electron chi connectivity index (χ3n) is 3.51. The molecule has 0 saturated heterocycles. The van der Waals surface area contributed by atoms with E-state index in [4.69, 9.17) is 16.3 Å². The lowest BCUT2D eigenvalue weighted by Gasteiger charge is -2.07. The van der Waals surface area contributed by atoms with Gasteiger partial charge in [0, 0.05) is 18.7 Å². The number of para-hydroxylation sites is 1. The van der Waals surface area contributed by atoms with Gasteiger partial charge in [-0.3, -0.25) is 14.9 Å². The van der Waals surface area contributed by atoms with Crippen LogP contribution >= 0.6 is 22.9 Å². The first kappa shape index (κ1) is 18.1. The van der Waals surface area contributed by atoms with Gasteiger partial charge in [-0.1, -0.05) is 35.1 Å². The highest BCUT2D eigenvalue weighted by Gasteiger charge is 2.15. The highest BCUT2D eigenvalue weighted by Crippen LogP contribution is 2.27. The number of nitro benzene ring substituents is 1. The number of nitrogens with one attached hydrogen (secondary N) is 1. The lowest BCUT2D eigenvalue weighted by molar-refractivity contribution is -0.384. The second-order valence-electron chi connectivity index (χ2n) is 5.33. The number of fused-ring (bicyclic) bond motifs is 1. The van der Waals surface area contributed by atoms with Crippen LogP contribution in [-0.4, -0.2) is 29.0 Å². The standard InChI is InChI=1S/C17H14ClN3O4S/c18-13-7-6-11(21(23)24)10-12(13)16(22)19-8-3-9-25-17-20-14-4-1-2-5-15(14)26-17/h1-2,4-7,10H,3,8-9H2,(H,19,22). The number of non-ortho nitro benzene ring substituents is 1. The van der Waals surface area contributed by atoms with Crippen LogP contribution in [0.4, 0.5) is 5.69 Å². The molecule has 2 aromatic carbocycles. The first-order chi connectivity index (χ1) is 12.5. The van der Waals surface area contributed by atoms with Crippen molar-refractivity contribution in [2.45, 2.75) is 6.42 Å². The zero-order valence-corrected chi connectivity index (χ0v) is 15.0. The van der Waals surface area contributed by atoms with Gasteiger partial charge < -0.3 is 10.1 Å². The molecule has 0 atom stereocenters. The summed E-state index contributed by atoms with van der Waals surface area (Å²) in [5, 5.41) is 14.2. The number of carbonyl (C=O) groups is 1. The first-order valence-corrected chi connectivity index (χ1v) is 8.94. The average molecular weight is 392 g/mol. The van der Waals surface area contributed by atoms with E-state index in [-0.39, 0.29) is 16.3 Å². The first-order valence-electron chi connectivity index (χ1n) is 7.75. The van der Waals surface area contributed by atoms with E-state index in [1.165, 1.54) is 23.5 Å². The minimum Gasteiger partial charge on any atom is -0.470 e. The Hall–Kier alpha value is -2.71. The zero-order chi connectivity index (χ0) is 18.5. The van der Waals surface area contributed by atoms with Gasteiger partial charge in [-0.2, -0.15) is 0 Å². The summed E-state index contributed by atoms with van der Waals surface area (Å²) in [5.74, 6) is -0.460. The van der Waals surface area contributed by atoms with Crippen LogP contribution in [0.25, 0.3) is 10.2 Å². The molecule has 3 rings (SSSR count). The molecule has 0 spiro atoms. The van der Waals surface area contributed by atoms with Crippen LogP contribution in [0, 0.1) is 10.1 Å². The summed E-state index contributed by atoms with van der Waals surface area (Å²) >= 11 is 7.40. The van der Waals surface area contributed by atoms with Crippen molar-refractivity contribution in [3.05, 3.63) is 63.2 Å². The van der Waals surface area contributed by atoms with E-state index in [0.717, 1.165) is 16.3 Å². The fraction of sp³-hybridized carbons (Fsp3) is 0.176. The minimum absolute atomic E-state index is 0.0768. The molecule has 0 aliphatic heterocycles.